The second-order valence-electron chi connectivity index (χ2n) is 5.30. The summed E-state index contributed by atoms with van der Waals surface area (Å²) < 4.78 is 8.17. The molecule has 134 valence electrons. The number of halogens is 1. The van der Waals surface area contributed by atoms with Gasteiger partial charge in [-0.15, -0.1) is 5.10 Å². The Morgan fingerprint density at radius 2 is 2.12 bits per heavy atom. The fraction of sp³-hybridized carbons (Fsp3) is 0.176. The Hall–Kier alpha value is -3.13. The monoisotopic (exact) mass is 373 g/mol. The molecule has 0 atom stereocenters. The molecule has 0 spiro atoms. The molecule has 0 aliphatic rings. The fourth-order valence-corrected chi connectivity index (χ4v) is 2.36. The van der Waals surface area contributed by atoms with E-state index >= 15 is 0 Å². The van der Waals surface area contributed by atoms with E-state index in [1.807, 2.05) is 0 Å². The van der Waals surface area contributed by atoms with Crippen LogP contribution in [0.4, 0.5) is 0 Å². The zero-order chi connectivity index (χ0) is 18.4. The van der Waals surface area contributed by atoms with Crippen LogP contribution >= 0.6 is 11.6 Å². The standard InChI is InChI=1S/C17H16ClN5O3/c18-13-3-1-4-14(11-13)26-12-16(24)19-8-10-23-17(25)6-5-15(21-23)22-9-2-7-20-22/h1-7,9,11H,8,10,12H2,(H,19,24). The van der Waals surface area contributed by atoms with Crippen molar-refractivity contribution in [1.29, 1.82) is 0 Å². The Labute approximate surface area is 154 Å². The third-order valence-electron chi connectivity index (χ3n) is 3.40. The molecular formula is C17H16ClN5O3. The minimum absolute atomic E-state index is 0.143. The van der Waals surface area contributed by atoms with Gasteiger partial charge in [0.05, 0.1) is 6.54 Å². The highest BCUT2D eigenvalue weighted by molar-refractivity contribution is 6.30. The van der Waals surface area contributed by atoms with Crippen LogP contribution in [0.3, 0.4) is 0 Å². The SMILES string of the molecule is O=C(COc1cccc(Cl)c1)NCCn1nc(-n2cccn2)ccc1=O. The second-order valence-corrected chi connectivity index (χ2v) is 5.74. The van der Waals surface area contributed by atoms with Crippen molar-refractivity contribution in [2.24, 2.45) is 0 Å². The van der Waals surface area contributed by atoms with Crippen LogP contribution in [-0.2, 0) is 11.3 Å². The topological polar surface area (TPSA) is 91.0 Å². The van der Waals surface area contributed by atoms with E-state index in [0.717, 1.165) is 0 Å². The minimum Gasteiger partial charge on any atom is -0.484 e. The Morgan fingerprint density at radius 1 is 1.23 bits per heavy atom. The second kappa shape index (κ2) is 8.30. The Morgan fingerprint density at radius 3 is 2.88 bits per heavy atom. The number of rotatable bonds is 7. The van der Waals surface area contributed by atoms with Crippen molar-refractivity contribution in [3.8, 4) is 11.6 Å². The van der Waals surface area contributed by atoms with Gasteiger partial charge in [-0.1, -0.05) is 17.7 Å². The molecule has 0 bridgehead atoms. The van der Waals surface area contributed by atoms with Crippen LogP contribution in [0.5, 0.6) is 5.75 Å². The van der Waals surface area contributed by atoms with Crippen molar-refractivity contribution < 1.29 is 9.53 Å². The van der Waals surface area contributed by atoms with Crippen LogP contribution in [0.2, 0.25) is 5.02 Å². The molecule has 0 fully saturated rings. The van der Waals surface area contributed by atoms with E-state index in [0.29, 0.717) is 16.6 Å². The number of hydrogen-bond acceptors (Lipinski definition) is 5. The van der Waals surface area contributed by atoms with E-state index in [2.05, 4.69) is 15.5 Å². The number of nitrogens with zero attached hydrogens (tertiary/aromatic N) is 4. The molecule has 0 unspecified atom stereocenters. The Kier molecular flexibility index (Phi) is 5.65. The lowest BCUT2D eigenvalue weighted by Crippen LogP contribution is -2.34. The maximum absolute atomic E-state index is 11.9. The highest BCUT2D eigenvalue weighted by atomic mass is 35.5. The van der Waals surface area contributed by atoms with E-state index in [-0.39, 0.29) is 31.2 Å². The highest BCUT2D eigenvalue weighted by Crippen LogP contribution is 2.16. The molecule has 3 aromatic rings. The highest BCUT2D eigenvalue weighted by Gasteiger charge is 2.06. The number of benzene rings is 1. The summed E-state index contributed by atoms with van der Waals surface area (Å²) in [6.45, 7) is 0.333. The maximum Gasteiger partial charge on any atom is 0.266 e. The fourth-order valence-electron chi connectivity index (χ4n) is 2.18. The van der Waals surface area contributed by atoms with Gasteiger partial charge in [0, 0.05) is 30.0 Å². The molecule has 1 aromatic carbocycles. The summed E-state index contributed by atoms with van der Waals surface area (Å²) in [6.07, 6.45) is 3.35. The van der Waals surface area contributed by atoms with Gasteiger partial charge in [0.25, 0.3) is 11.5 Å². The molecule has 2 aromatic heterocycles. The van der Waals surface area contributed by atoms with Gasteiger partial charge in [-0.3, -0.25) is 9.59 Å². The molecule has 3 rings (SSSR count). The van der Waals surface area contributed by atoms with Crippen LogP contribution in [0.1, 0.15) is 0 Å². The van der Waals surface area contributed by atoms with Gasteiger partial charge in [0.1, 0.15) is 5.75 Å². The summed E-state index contributed by atoms with van der Waals surface area (Å²) in [5.41, 5.74) is -0.259. The smallest absolute Gasteiger partial charge is 0.266 e. The first-order valence-corrected chi connectivity index (χ1v) is 8.23. The Bertz CT molecular complexity index is 940. The molecule has 0 saturated heterocycles. The van der Waals surface area contributed by atoms with Crippen LogP contribution < -0.4 is 15.6 Å². The largest absolute Gasteiger partial charge is 0.484 e. The first kappa shape index (κ1) is 17.7. The molecule has 0 radical (unpaired) electrons. The number of ether oxygens (including phenoxy) is 1. The van der Waals surface area contributed by atoms with Crippen molar-refractivity contribution in [1.82, 2.24) is 24.9 Å². The van der Waals surface area contributed by atoms with Crippen molar-refractivity contribution in [3.05, 3.63) is 70.2 Å². The van der Waals surface area contributed by atoms with Crippen LogP contribution in [-0.4, -0.2) is 38.6 Å². The number of nitrogens with one attached hydrogen (secondary N) is 1. The molecule has 8 nitrogen and oxygen atoms in total. The van der Waals surface area contributed by atoms with Crippen LogP contribution in [0.25, 0.3) is 5.82 Å². The lowest BCUT2D eigenvalue weighted by molar-refractivity contribution is -0.123. The number of carbonyl (C=O) groups is 1. The van der Waals surface area contributed by atoms with Gasteiger partial charge in [0.2, 0.25) is 0 Å². The zero-order valence-electron chi connectivity index (χ0n) is 13.7. The molecule has 9 heteroatoms. The first-order chi connectivity index (χ1) is 12.6. The van der Waals surface area contributed by atoms with E-state index < -0.39 is 0 Å². The maximum atomic E-state index is 11.9. The van der Waals surface area contributed by atoms with Crippen LogP contribution in [0, 0.1) is 0 Å². The average molecular weight is 374 g/mol. The zero-order valence-corrected chi connectivity index (χ0v) is 14.5. The normalized spacial score (nSPS) is 10.5. The summed E-state index contributed by atoms with van der Waals surface area (Å²) in [5, 5.41) is 11.5. The minimum atomic E-state index is -0.304. The predicted octanol–water partition coefficient (Wildman–Crippen LogP) is 1.28. The van der Waals surface area contributed by atoms with Gasteiger partial charge < -0.3 is 10.1 Å². The summed E-state index contributed by atoms with van der Waals surface area (Å²) >= 11 is 5.85. The van der Waals surface area contributed by atoms with Gasteiger partial charge in [-0.05, 0) is 30.3 Å². The van der Waals surface area contributed by atoms with E-state index in [1.54, 1.807) is 53.5 Å². The molecule has 0 aliphatic carbocycles. The Balaban J connectivity index is 1.50. The van der Waals surface area contributed by atoms with Crippen molar-refractivity contribution in [2.75, 3.05) is 13.2 Å². The lowest BCUT2D eigenvalue weighted by Gasteiger charge is -2.09. The number of aromatic nitrogens is 4. The summed E-state index contributed by atoms with van der Waals surface area (Å²) in [5.74, 6) is 0.726. The molecule has 0 saturated carbocycles. The lowest BCUT2D eigenvalue weighted by atomic mass is 10.3. The third kappa shape index (κ3) is 4.70. The van der Waals surface area contributed by atoms with Gasteiger partial charge in [-0.25, -0.2) is 9.36 Å². The van der Waals surface area contributed by atoms with Crippen LogP contribution in [0.15, 0.2) is 59.7 Å². The number of carbonyl (C=O) groups excluding carboxylic acids is 1. The van der Waals surface area contributed by atoms with Crippen molar-refractivity contribution in [2.45, 2.75) is 6.54 Å². The molecule has 26 heavy (non-hydrogen) atoms. The van der Waals surface area contributed by atoms with E-state index in [9.17, 15) is 9.59 Å². The van der Waals surface area contributed by atoms with Gasteiger partial charge in [0.15, 0.2) is 12.4 Å². The molecule has 1 amide bonds. The van der Waals surface area contributed by atoms with E-state index in [1.165, 1.54) is 10.7 Å². The van der Waals surface area contributed by atoms with Gasteiger partial charge in [-0.2, -0.15) is 5.10 Å². The number of amides is 1. The molecule has 1 N–H and O–H groups in total. The summed E-state index contributed by atoms with van der Waals surface area (Å²) in [6, 6.07) is 11.5. The average Bonchev–Trinajstić information content (AvgIpc) is 3.16. The number of hydrogen-bond donors (Lipinski definition) is 1. The molecule has 2 heterocycles. The van der Waals surface area contributed by atoms with E-state index in [4.69, 9.17) is 16.3 Å². The third-order valence-corrected chi connectivity index (χ3v) is 3.64. The molecule has 0 aliphatic heterocycles. The molecular weight excluding hydrogens is 358 g/mol. The quantitative estimate of drug-likeness (QED) is 0.673. The summed E-state index contributed by atoms with van der Waals surface area (Å²) in [7, 11) is 0. The van der Waals surface area contributed by atoms with Gasteiger partial charge >= 0.3 is 0 Å². The summed E-state index contributed by atoms with van der Waals surface area (Å²) in [4.78, 5) is 23.7. The first-order valence-electron chi connectivity index (χ1n) is 7.85. The van der Waals surface area contributed by atoms with Crippen molar-refractivity contribution >= 4 is 17.5 Å². The predicted molar refractivity (Wildman–Crippen MR) is 95.6 cm³/mol. The van der Waals surface area contributed by atoms with Crippen molar-refractivity contribution in [3.63, 3.8) is 0 Å².